The second kappa shape index (κ2) is 11.9. The van der Waals surface area contributed by atoms with Gasteiger partial charge in [-0.25, -0.2) is 14.2 Å². The second-order valence-corrected chi connectivity index (χ2v) is 10.9. The Morgan fingerprint density at radius 1 is 1.12 bits per heavy atom. The summed E-state index contributed by atoms with van der Waals surface area (Å²) < 4.78 is 21.0. The number of imidazole rings is 1. The zero-order chi connectivity index (χ0) is 28.4. The number of nitrogens with zero attached hydrogens (tertiary/aromatic N) is 2. The Balaban J connectivity index is 1.53. The van der Waals surface area contributed by atoms with Crippen LogP contribution in [0, 0.1) is 9.39 Å². The summed E-state index contributed by atoms with van der Waals surface area (Å²) in [6.07, 6.45) is 0. The Kier molecular flexibility index (Phi) is 8.38. The highest BCUT2D eigenvalue weighted by atomic mass is 127. The summed E-state index contributed by atoms with van der Waals surface area (Å²) in [6.45, 7) is 1.91. The molecule has 1 fully saturated rings. The van der Waals surface area contributed by atoms with Crippen LogP contribution in [0.4, 0.5) is 9.18 Å². The molecule has 0 spiro atoms. The summed E-state index contributed by atoms with van der Waals surface area (Å²) >= 11 is 8.52. The molecule has 206 valence electrons. The van der Waals surface area contributed by atoms with Crippen molar-refractivity contribution in [3.63, 3.8) is 0 Å². The molecule has 3 amide bonds. The molecule has 5 rings (SSSR count). The number of aliphatic hydroxyl groups excluding tert-OH is 1. The maximum atomic E-state index is 14.8. The number of H-pyrrole nitrogens is 1. The number of carbonyl (C=O) groups excluding carboxylic acids is 2. The van der Waals surface area contributed by atoms with Gasteiger partial charge in [0.05, 0.1) is 12.3 Å². The van der Waals surface area contributed by atoms with E-state index in [1.807, 2.05) is 59.8 Å². The van der Waals surface area contributed by atoms with Crippen molar-refractivity contribution in [1.82, 2.24) is 20.2 Å². The number of urea groups is 1. The number of benzene rings is 3. The molecule has 1 saturated heterocycles. The van der Waals surface area contributed by atoms with Gasteiger partial charge in [-0.2, -0.15) is 0 Å². The fraction of sp³-hybridized carbons (Fsp3) is 0.207. The van der Waals surface area contributed by atoms with E-state index in [0.29, 0.717) is 11.3 Å². The van der Waals surface area contributed by atoms with Crippen LogP contribution in [0.2, 0.25) is 5.15 Å². The van der Waals surface area contributed by atoms with Gasteiger partial charge in [-0.05, 0) is 64.0 Å². The zero-order valence-electron chi connectivity index (χ0n) is 21.3. The van der Waals surface area contributed by atoms with Crippen LogP contribution in [-0.2, 0) is 4.79 Å². The van der Waals surface area contributed by atoms with Crippen LogP contribution in [0.25, 0.3) is 11.3 Å². The van der Waals surface area contributed by atoms with Crippen molar-refractivity contribution in [2.45, 2.75) is 24.9 Å². The first-order valence-corrected chi connectivity index (χ1v) is 14.0. The van der Waals surface area contributed by atoms with Crippen LogP contribution >= 0.6 is 34.2 Å². The number of amides is 3. The zero-order valence-corrected chi connectivity index (χ0v) is 24.2. The Labute approximate surface area is 248 Å². The quantitative estimate of drug-likeness (QED) is 0.150. The van der Waals surface area contributed by atoms with Crippen LogP contribution in [0.3, 0.4) is 0 Å². The minimum absolute atomic E-state index is 0.0300. The number of nitrogens with one attached hydrogen (secondary N) is 2. The van der Waals surface area contributed by atoms with Crippen LogP contribution in [0.5, 0.6) is 5.75 Å². The SMILES string of the molecule is C[C@H](c1ccccc1)[C@@H](c1nc(Cl)c(-c2ccc(I)cc2F)[nH]1)N1C(=O)N[C@H](c2ccc(OCCO)cc2)C1=O. The van der Waals surface area contributed by atoms with Crippen molar-refractivity contribution in [2.24, 2.45) is 0 Å². The molecule has 4 aromatic rings. The molecule has 3 aromatic carbocycles. The minimum atomic E-state index is -0.927. The molecule has 11 heteroatoms. The lowest BCUT2D eigenvalue weighted by molar-refractivity contribution is -0.129. The van der Waals surface area contributed by atoms with Crippen LogP contribution in [0.1, 0.15) is 41.9 Å². The fourth-order valence-corrected chi connectivity index (χ4v) is 5.50. The molecule has 0 saturated carbocycles. The third-order valence-corrected chi connectivity index (χ3v) is 7.72. The lowest BCUT2D eigenvalue weighted by Gasteiger charge is -2.29. The molecule has 2 heterocycles. The van der Waals surface area contributed by atoms with E-state index < -0.39 is 29.8 Å². The van der Waals surface area contributed by atoms with Gasteiger partial charge in [-0.1, -0.05) is 61.0 Å². The molecular formula is C29H25ClFIN4O4. The van der Waals surface area contributed by atoms with Gasteiger partial charge in [0.25, 0.3) is 5.91 Å². The summed E-state index contributed by atoms with van der Waals surface area (Å²) in [4.78, 5) is 36.0. The number of hydrogen-bond acceptors (Lipinski definition) is 5. The smallest absolute Gasteiger partial charge is 0.325 e. The summed E-state index contributed by atoms with van der Waals surface area (Å²) in [5.74, 6) is -0.538. The monoisotopic (exact) mass is 674 g/mol. The number of aromatic nitrogens is 2. The molecule has 40 heavy (non-hydrogen) atoms. The summed E-state index contributed by atoms with van der Waals surface area (Å²) in [7, 11) is 0. The van der Waals surface area contributed by atoms with Gasteiger partial charge < -0.3 is 20.1 Å². The average molecular weight is 675 g/mol. The van der Waals surface area contributed by atoms with Crippen LogP contribution < -0.4 is 10.1 Å². The van der Waals surface area contributed by atoms with Crippen molar-refractivity contribution in [3.05, 3.63) is 104 Å². The molecule has 1 aliphatic heterocycles. The van der Waals surface area contributed by atoms with Crippen molar-refractivity contribution in [2.75, 3.05) is 13.2 Å². The largest absolute Gasteiger partial charge is 0.491 e. The molecule has 0 unspecified atom stereocenters. The van der Waals surface area contributed by atoms with Gasteiger partial charge in [0.1, 0.15) is 36.1 Å². The van der Waals surface area contributed by atoms with E-state index in [4.69, 9.17) is 21.4 Å². The van der Waals surface area contributed by atoms with Crippen molar-refractivity contribution < 1.29 is 23.8 Å². The first-order valence-electron chi connectivity index (χ1n) is 12.5. The van der Waals surface area contributed by atoms with Gasteiger partial charge >= 0.3 is 6.03 Å². The Hall–Kier alpha value is -3.48. The highest BCUT2D eigenvalue weighted by Crippen LogP contribution is 2.41. The van der Waals surface area contributed by atoms with Gasteiger partial charge in [0.2, 0.25) is 0 Å². The normalized spacial score (nSPS) is 16.6. The molecule has 0 radical (unpaired) electrons. The van der Waals surface area contributed by atoms with Crippen molar-refractivity contribution in [3.8, 4) is 17.0 Å². The minimum Gasteiger partial charge on any atom is -0.491 e. The topological polar surface area (TPSA) is 108 Å². The van der Waals surface area contributed by atoms with E-state index >= 15 is 0 Å². The second-order valence-electron chi connectivity index (χ2n) is 9.29. The third-order valence-electron chi connectivity index (χ3n) is 6.78. The number of carbonyl (C=O) groups is 2. The molecule has 1 aromatic heterocycles. The summed E-state index contributed by atoms with van der Waals surface area (Å²) in [6, 6.07) is 18.5. The van der Waals surface area contributed by atoms with E-state index in [-0.39, 0.29) is 41.4 Å². The maximum Gasteiger partial charge on any atom is 0.325 e. The van der Waals surface area contributed by atoms with E-state index in [2.05, 4.69) is 15.3 Å². The first kappa shape index (κ1) is 28.1. The molecule has 3 N–H and O–H groups in total. The number of rotatable bonds is 9. The Morgan fingerprint density at radius 2 is 1.85 bits per heavy atom. The van der Waals surface area contributed by atoms with E-state index in [9.17, 15) is 14.0 Å². The predicted octanol–water partition coefficient (Wildman–Crippen LogP) is 5.98. The molecule has 0 bridgehead atoms. The fourth-order valence-electron chi connectivity index (χ4n) is 4.80. The predicted molar refractivity (Wildman–Crippen MR) is 156 cm³/mol. The number of halogens is 3. The third kappa shape index (κ3) is 5.56. The van der Waals surface area contributed by atoms with E-state index in [1.54, 1.807) is 36.4 Å². The van der Waals surface area contributed by atoms with E-state index in [1.165, 1.54) is 6.07 Å². The number of aromatic amines is 1. The summed E-state index contributed by atoms with van der Waals surface area (Å²) in [5.41, 5.74) is 1.94. The molecule has 3 atom stereocenters. The standard InChI is InChI=1S/C29H25ClFIN4O4/c1-16(17-5-3-2-4-6-17)25(27-33-24(26(30)35-27)21-12-9-19(32)15-22(21)31)36-28(38)23(34-29(36)39)18-7-10-20(11-8-18)40-14-13-37/h2-12,15-16,23,25,37H,13-14H2,1H3,(H,33,35)(H,34,39)/t16-,23-,25+/m1/s1. The first-order chi connectivity index (χ1) is 19.3. The lowest BCUT2D eigenvalue weighted by Crippen LogP contribution is -2.38. The van der Waals surface area contributed by atoms with Gasteiger partial charge in [-0.3, -0.25) is 9.69 Å². The van der Waals surface area contributed by atoms with E-state index in [0.717, 1.165) is 14.0 Å². The highest BCUT2D eigenvalue weighted by Gasteiger charge is 2.46. The molecular weight excluding hydrogens is 650 g/mol. The van der Waals surface area contributed by atoms with Crippen molar-refractivity contribution >= 4 is 46.1 Å². The highest BCUT2D eigenvalue weighted by molar-refractivity contribution is 14.1. The Bertz CT molecular complexity index is 1530. The van der Waals surface area contributed by atoms with Gasteiger partial charge in [-0.15, -0.1) is 0 Å². The maximum absolute atomic E-state index is 14.8. The van der Waals surface area contributed by atoms with Crippen LogP contribution in [0.15, 0.2) is 72.8 Å². The molecule has 1 aliphatic rings. The average Bonchev–Trinajstić information content (AvgIpc) is 3.47. The van der Waals surface area contributed by atoms with Crippen molar-refractivity contribution in [1.29, 1.82) is 0 Å². The van der Waals surface area contributed by atoms with Gasteiger partial charge in [0, 0.05) is 15.1 Å². The lowest BCUT2D eigenvalue weighted by atomic mass is 9.91. The number of imide groups is 1. The number of ether oxygens (including phenoxy) is 1. The molecule has 0 aliphatic carbocycles. The molecule has 8 nitrogen and oxygen atoms in total. The van der Waals surface area contributed by atoms with Gasteiger partial charge in [0.15, 0.2) is 5.15 Å². The number of aliphatic hydroxyl groups is 1. The van der Waals surface area contributed by atoms with Crippen LogP contribution in [-0.4, -0.2) is 45.1 Å². The summed E-state index contributed by atoms with van der Waals surface area (Å²) in [5, 5.41) is 11.8. The Morgan fingerprint density at radius 3 is 2.52 bits per heavy atom. The number of hydrogen-bond donors (Lipinski definition) is 3.